The highest BCUT2D eigenvalue weighted by atomic mass is 35.5. The molecule has 5 heteroatoms. The molecular formula is C17H19ClN2O2. The van der Waals surface area contributed by atoms with Crippen molar-refractivity contribution in [2.75, 3.05) is 13.2 Å². The normalized spacial score (nSPS) is 13.8. The van der Waals surface area contributed by atoms with Crippen molar-refractivity contribution >= 4 is 17.5 Å². The summed E-state index contributed by atoms with van der Waals surface area (Å²) in [6.45, 7) is 2.00. The second-order valence-corrected chi connectivity index (χ2v) is 5.84. The van der Waals surface area contributed by atoms with E-state index in [2.05, 4.69) is 11.1 Å². The van der Waals surface area contributed by atoms with E-state index >= 15 is 0 Å². The lowest BCUT2D eigenvalue weighted by molar-refractivity contribution is -0.132. The van der Waals surface area contributed by atoms with Gasteiger partial charge in [0.15, 0.2) is 0 Å². The van der Waals surface area contributed by atoms with Crippen LogP contribution in [0, 0.1) is 0 Å². The third-order valence-corrected chi connectivity index (χ3v) is 4.22. The van der Waals surface area contributed by atoms with Gasteiger partial charge in [0.1, 0.15) is 5.75 Å². The SMILES string of the molecule is O=C(CCCOc1ccccc1Cl)N1CCc2[nH]ccc2C1. The van der Waals surface area contributed by atoms with E-state index < -0.39 is 0 Å². The molecule has 0 unspecified atom stereocenters. The van der Waals surface area contributed by atoms with Crippen LogP contribution in [0.15, 0.2) is 36.5 Å². The molecule has 116 valence electrons. The van der Waals surface area contributed by atoms with Gasteiger partial charge in [0.25, 0.3) is 0 Å². The van der Waals surface area contributed by atoms with Gasteiger partial charge in [0.05, 0.1) is 11.6 Å². The van der Waals surface area contributed by atoms with Gasteiger partial charge in [-0.25, -0.2) is 0 Å². The summed E-state index contributed by atoms with van der Waals surface area (Å²) in [4.78, 5) is 17.4. The van der Waals surface area contributed by atoms with Gasteiger partial charge in [-0.1, -0.05) is 23.7 Å². The Kier molecular flexibility index (Phi) is 4.68. The summed E-state index contributed by atoms with van der Waals surface area (Å²) in [6, 6.07) is 9.43. The third kappa shape index (κ3) is 3.45. The van der Waals surface area contributed by atoms with E-state index in [1.54, 1.807) is 6.07 Å². The molecule has 22 heavy (non-hydrogen) atoms. The smallest absolute Gasteiger partial charge is 0.223 e. The average molecular weight is 319 g/mol. The number of rotatable bonds is 5. The lowest BCUT2D eigenvalue weighted by Crippen LogP contribution is -2.35. The Hall–Kier alpha value is -1.94. The molecule has 1 aromatic heterocycles. The quantitative estimate of drug-likeness (QED) is 0.859. The van der Waals surface area contributed by atoms with Crippen LogP contribution in [0.2, 0.25) is 5.02 Å². The monoisotopic (exact) mass is 318 g/mol. The summed E-state index contributed by atoms with van der Waals surface area (Å²) >= 11 is 6.02. The number of carbonyl (C=O) groups excluding carboxylic acids is 1. The van der Waals surface area contributed by atoms with Gasteiger partial charge in [-0.05, 0) is 30.2 Å². The van der Waals surface area contributed by atoms with Crippen LogP contribution in [0.5, 0.6) is 5.75 Å². The molecule has 2 heterocycles. The number of ether oxygens (including phenoxy) is 1. The number of hydrogen-bond donors (Lipinski definition) is 1. The highest BCUT2D eigenvalue weighted by Gasteiger charge is 2.20. The summed E-state index contributed by atoms with van der Waals surface area (Å²) in [7, 11) is 0. The fraction of sp³-hybridized carbons (Fsp3) is 0.353. The van der Waals surface area contributed by atoms with Crippen LogP contribution < -0.4 is 4.74 Å². The van der Waals surface area contributed by atoms with Gasteiger partial charge in [0.2, 0.25) is 5.91 Å². The Morgan fingerprint density at radius 3 is 3.05 bits per heavy atom. The maximum absolute atomic E-state index is 12.2. The fourth-order valence-corrected chi connectivity index (χ4v) is 2.88. The van der Waals surface area contributed by atoms with Crippen LogP contribution in [0.4, 0.5) is 0 Å². The maximum atomic E-state index is 12.2. The number of benzene rings is 1. The van der Waals surface area contributed by atoms with E-state index in [0.717, 1.165) is 13.0 Å². The highest BCUT2D eigenvalue weighted by Crippen LogP contribution is 2.23. The molecule has 0 atom stereocenters. The number of nitrogens with zero attached hydrogens (tertiary/aromatic N) is 1. The van der Waals surface area contributed by atoms with Crippen LogP contribution in [-0.4, -0.2) is 28.9 Å². The number of fused-ring (bicyclic) bond motifs is 1. The van der Waals surface area contributed by atoms with Crippen LogP contribution in [0.1, 0.15) is 24.1 Å². The van der Waals surface area contributed by atoms with Gasteiger partial charge in [0, 0.05) is 37.8 Å². The van der Waals surface area contributed by atoms with Gasteiger partial charge < -0.3 is 14.6 Å². The minimum absolute atomic E-state index is 0.189. The molecule has 3 rings (SSSR count). The van der Waals surface area contributed by atoms with Crippen LogP contribution in [0.3, 0.4) is 0 Å². The van der Waals surface area contributed by atoms with E-state index in [0.29, 0.717) is 36.8 Å². The van der Waals surface area contributed by atoms with E-state index in [9.17, 15) is 4.79 Å². The molecule has 0 radical (unpaired) electrons. The van der Waals surface area contributed by atoms with E-state index in [1.807, 2.05) is 29.3 Å². The average Bonchev–Trinajstić information content (AvgIpc) is 3.00. The summed E-state index contributed by atoms with van der Waals surface area (Å²) in [5, 5.41) is 0.602. The zero-order chi connectivity index (χ0) is 15.4. The number of halogens is 1. The Balaban J connectivity index is 1.43. The predicted molar refractivity (Wildman–Crippen MR) is 86.1 cm³/mol. The van der Waals surface area contributed by atoms with Gasteiger partial charge >= 0.3 is 0 Å². The highest BCUT2D eigenvalue weighted by molar-refractivity contribution is 6.32. The predicted octanol–water partition coefficient (Wildman–Crippen LogP) is 3.41. The number of H-pyrrole nitrogens is 1. The number of aromatic nitrogens is 1. The summed E-state index contributed by atoms with van der Waals surface area (Å²) in [5.41, 5.74) is 2.48. The Morgan fingerprint density at radius 1 is 1.32 bits per heavy atom. The summed E-state index contributed by atoms with van der Waals surface area (Å²) < 4.78 is 5.61. The molecule has 1 aliphatic heterocycles. The van der Waals surface area contributed by atoms with Gasteiger partial charge in [-0.2, -0.15) is 0 Å². The number of hydrogen-bond acceptors (Lipinski definition) is 2. The maximum Gasteiger partial charge on any atom is 0.223 e. The lowest BCUT2D eigenvalue weighted by Gasteiger charge is -2.27. The fourth-order valence-electron chi connectivity index (χ4n) is 2.69. The summed E-state index contributed by atoms with van der Waals surface area (Å²) in [5.74, 6) is 0.862. The first-order valence-electron chi connectivity index (χ1n) is 7.54. The molecule has 1 aliphatic rings. The summed E-state index contributed by atoms with van der Waals surface area (Å²) in [6.07, 6.45) is 4.05. The van der Waals surface area contributed by atoms with Crippen molar-refractivity contribution < 1.29 is 9.53 Å². The number of para-hydroxylation sites is 1. The first-order chi connectivity index (χ1) is 10.7. The zero-order valence-electron chi connectivity index (χ0n) is 12.3. The minimum Gasteiger partial charge on any atom is -0.492 e. The van der Waals surface area contributed by atoms with Crippen LogP contribution in [-0.2, 0) is 17.8 Å². The number of amides is 1. The molecule has 0 fully saturated rings. The zero-order valence-corrected chi connectivity index (χ0v) is 13.1. The molecule has 1 amide bonds. The molecule has 0 saturated carbocycles. The molecule has 4 nitrogen and oxygen atoms in total. The second-order valence-electron chi connectivity index (χ2n) is 5.43. The molecule has 1 aromatic carbocycles. The molecule has 0 aliphatic carbocycles. The van der Waals surface area contributed by atoms with E-state index in [1.165, 1.54) is 11.3 Å². The Morgan fingerprint density at radius 2 is 2.18 bits per heavy atom. The lowest BCUT2D eigenvalue weighted by atomic mass is 10.1. The molecule has 2 aromatic rings. The third-order valence-electron chi connectivity index (χ3n) is 3.90. The minimum atomic E-state index is 0.189. The van der Waals surface area contributed by atoms with Gasteiger partial charge in [-0.15, -0.1) is 0 Å². The van der Waals surface area contributed by atoms with E-state index in [4.69, 9.17) is 16.3 Å². The Labute approximate surface area is 135 Å². The van der Waals surface area contributed by atoms with Crippen molar-refractivity contribution in [2.45, 2.75) is 25.8 Å². The second kappa shape index (κ2) is 6.88. The van der Waals surface area contributed by atoms with Crippen LogP contribution in [0.25, 0.3) is 0 Å². The molecule has 0 bridgehead atoms. The standard InChI is InChI=1S/C17H19ClN2O2/c18-14-4-1-2-5-16(14)22-11-3-6-17(21)20-10-8-15-13(12-20)7-9-19-15/h1-2,4-5,7,9,19H,3,6,8,10-12H2. The molecule has 0 saturated heterocycles. The number of nitrogens with one attached hydrogen (secondary N) is 1. The van der Waals surface area contributed by atoms with Crippen molar-refractivity contribution in [3.05, 3.63) is 52.8 Å². The number of aromatic amines is 1. The topological polar surface area (TPSA) is 45.3 Å². The molecule has 0 spiro atoms. The first-order valence-corrected chi connectivity index (χ1v) is 7.92. The van der Waals surface area contributed by atoms with Crippen molar-refractivity contribution in [2.24, 2.45) is 0 Å². The largest absolute Gasteiger partial charge is 0.492 e. The number of carbonyl (C=O) groups is 1. The first kappa shape index (κ1) is 15.0. The van der Waals surface area contributed by atoms with Crippen molar-refractivity contribution in [1.82, 2.24) is 9.88 Å². The molecular weight excluding hydrogens is 300 g/mol. The van der Waals surface area contributed by atoms with E-state index in [-0.39, 0.29) is 5.91 Å². The Bertz CT molecular complexity index is 654. The molecule has 1 N–H and O–H groups in total. The van der Waals surface area contributed by atoms with Crippen molar-refractivity contribution in [3.63, 3.8) is 0 Å². The van der Waals surface area contributed by atoms with Crippen molar-refractivity contribution in [3.8, 4) is 5.75 Å². The van der Waals surface area contributed by atoms with Crippen molar-refractivity contribution in [1.29, 1.82) is 0 Å². The van der Waals surface area contributed by atoms with Crippen LogP contribution >= 0.6 is 11.6 Å². The van der Waals surface area contributed by atoms with Gasteiger partial charge in [-0.3, -0.25) is 4.79 Å².